The highest BCUT2D eigenvalue weighted by Gasteiger charge is 2.21. The van der Waals surface area contributed by atoms with E-state index in [4.69, 9.17) is 21.1 Å². The molecule has 0 bridgehead atoms. The average molecular weight is 444 g/mol. The van der Waals surface area contributed by atoms with Crippen LogP contribution in [0.15, 0.2) is 40.9 Å². The first-order valence-corrected chi connectivity index (χ1v) is 9.80. The lowest BCUT2D eigenvalue weighted by molar-refractivity contribution is -0.736. The maximum Gasteiger partial charge on any atom is 0.162 e. The maximum atomic E-state index is 9.43. The van der Waals surface area contributed by atoms with E-state index in [1.165, 1.54) is 0 Å². The number of hydrogen-bond donors (Lipinski definition) is 2. The number of nitrogens with two attached hydrogens (primary N) is 1. The molecule has 0 saturated carbocycles. The quantitative estimate of drug-likeness (QED) is 0.618. The van der Waals surface area contributed by atoms with E-state index in [-0.39, 0.29) is 12.1 Å². The van der Waals surface area contributed by atoms with Gasteiger partial charge in [-0.1, -0.05) is 45.7 Å². The topological polar surface area (TPSA) is 55.3 Å². The van der Waals surface area contributed by atoms with Crippen LogP contribution >= 0.6 is 27.5 Å². The molecule has 0 aliphatic heterocycles. The standard InChI is InChI=1S/C20H25BrClNO3/c1-4-25-18-9-15(11-23-20(2,3)13-24)16(21)10-19(18)26-12-14-7-5-6-8-17(14)22/h5-10,23-24H,4,11-13H2,1-3H3/p+1. The smallest absolute Gasteiger partial charge is 0.162 e. The van der Waals surface area contributed by atoms with Gasteiger partial charge in [0, 0.05) is 20.6 Å². The first-order valence-electron chi connectivity index (χ1n) is 8.63. The van der Waals surface area contributed by atoms with Crippen molar-refractivity contribution >= 4 is 27.5 Å². The summed E-state index contributed by atoms with van der Waals surface area (Å²) < 4.78 is 12.7. The zero-order valence-electron chi connectivity index (χ0n) is 15.4. The monoisotopic (exact) mass is 442 g/mol. The Morgan fingerprint density at radius 3 is 2.46 bits per heavy atom. The fourth-order valence-corrected chi connectivity index (χ4v) is 3.01. The molecular formula is C20H26BrClNO3+. The Morgan fingerprint density at radius 2 is 1.81 bits per heavy atom. The van der Waals surface area contributed by atoms with E-state index in [0.29, 0.717) is 29.7 Å². The second kappa shape index (κ2) is 9.60. The molecule has 2 aromatic rings. The van der Waals surface area contributed by atoms with Crippen LogP contribution in [0, 0.1) is 0 Å². The van der Waals surface area contributed by atoms with E-state index < -0.39 is 0 Å². The Hall–Kier alpha value is -1.27. The van der Waals surface area contributed by atoms with E-state index in [0.717, 1.165) is 22.1 Å². The highest BCUT2D eigenvalue weighted by molar-refractivity contribution is 9.10. The Kier molecular flexibility index (Phi) is 7.77. The Balaban J connectivity index is 2.18. The normalized spacial score (nSPS) is 11.5. The van der Waals surface area contributed by atoms with Gasteiger partial charge in [-0.3, -0.25) is 0 Å². The lowest BCUT2D eigenvalue weighted by atomic mass is 10.1. The minimum atomic E-state index is -0.232. The molecule has 0 fully saturated rings. The molecule has 0 aliphatic rings. The minimum absolute atomic E-state index is 0.113. The van der Waals surface area contributed by atoms with Gasteiger partial charge in [-0.2, -0.15) is 0 Å². The van der Waals surface area contributed by atoms with Crippen molar-refractivity contribution in [2.75, 3.05) is 13.2 Å². The molecule has 2 rings (SSSR count). The molecule has 6 heteroatoms. The molecule has 0 spiro atoms. The number of rotatable bonds is 9. The first-order chi connectivity index (χ1) is 12.4. The number of benzene rings is 2. The van der Waals surface area contributed by atoms with Gasteiger partial charge in [-0.05, 0) is 39.0 Å². The number of aliphatic hydroxyl groups is 1. The molecule has 0 saturated heterocycles. The van der Waals surface area contributed by atoms with Crippen molar-refractivity contribution in [1.82, 2.24) is 0 Å². The number of ether oxygens (including phenoxy) is 2. The lowest BCUT2D eigenvalue weighted by Crippen LogP contribution is -2.95. The van der Waals surface area contributed by atoms with E-state index in [2.05, 4.69) is 21.2 Å². The van der Waals surface area contributed by atoms with Gasteiger partial charge in [0.05, 0.1) is 13.2 Å². The summed E-state index contributed by atoms with van der Waals surface area (Å²) in [5.74, 6) is 1.37. The van der Waals surface area contributed by atoms with E-state index in [1.54, 1.807) is 0 Å². The van der Waals surface area contributed by atoms with Gasteiger partial charge < -0.3 is 19.9 Å². The summed E-state index contributed by atoms with van der Waals surface area (Å²) in [6, 6.07) is 11.5. The van der Waals surface area contributed by atoms with Crippen LogP contribution in [0.4, 0.5) is 0 Å². The predicted molar refractivity (Wildman–Crippen MR) is 108 cm³/mol. The third-order valence-electron chi connectivity index (χ3n) is 4.04. The lowest BCUT2D eigenvalue weighted by Gasteiger charge is -2.21. The van der Waals surface area contributed by atoms with Crippen LogP contribution in [0.1, 0.15) is 31.9 Å². The van der Waals surface area contributed by atoms with Crippen molar-refractivity contribution in [3.63, 3.8) is 0 Å². The molecule has 0 atom stereocenters. The summed E-state index contributed by atoms with van der Waals surface area (Å²) in [4.78, 5) is 0. The van der Waals surface area contributed by atoms with Crippen molar-refractivity contribution in [2.24, 2.45) is 0 Å². The molecule has 3 N–H and O–H groups in total. The third-order valence-corrected chi connectivity index (χ3v) is 5.14. The fourth-order valence-electron chi connectivity index (χ4n) is 2.34. The first kappa shape index (κ1) is 21.0. The van der Waals surface area contributed by atoms with Gasteiger partial charge in [0.15, 0.2) is 11.5 Å². The van der Waals surface area contributed by atoms with Crippen LogP contribution in [-0.2, 0) is 13.2 Å². The van der Waals surface area contributed by atoms with Crippen LogP contribution in [0.5, 0.6) is 11.5 Å². The SMILES string of the molecule is CCOc1cc(C[NH2+]C(C)(C)CO)c(Br)cc1OCc1ccccc1Cl. The maximum absolute atomic E-state index is 9.43. The van der Waals surface area contributed by atoms with Crippen molar-refractivity contribution in [2.45, 2.75) is 39.5 Å². The highest BCUT2D eigenvalue weighted by atomic mass is 79.9. The molecular weight excluding hydrogens is 418 g/mol. The van der Waals surface area contributed by atoms with E-state index in [1.807, 2.05) is 57.2 Å². The van der Waals surface area contributed by atoms with Crippen LogP contribution in [0.3, 0.4) is 0 Å². The zero-order valence-corrected chi connectivity index (χ0v) is 17.7. The van der Waals surface area contributed by atoms with Crippen molar-refractivity contribution in [3.05, 3.63) is 57.0 Å². The fraction of sp³-hybridized carbons (Fsp3) is 0.400. The van der Waals surface area contributed by atoms with E-state index in [9.17, 15) is 5.11 Å². The molecule has 0 radical (unpaired) electrons. The van der Waals surface area contributed by atoms with Gasteiger partial charge >= 0.3 is 0 Å². The largest absolute Gasteiger partial charge is 0.490 e. The van der Waals surface area contributed by atoms with Crippen LogP contribution in [-0.4, -0.2) is 23.9 Å². The van der Waals surface area contributed by atoms with E-state index >= 15 is 0 Å². The van der Waals surface area contributed by atoms with Crippen LogP contribution in [0.2, 0.25) is 5.02 Å². The number of hydrogen-bond acceptors (Lipinski definition) is 3. The minimum Gasteiger partial charge on any atom is -0.490 e. The van der Waals surface area contributed by atoms with Crippen molar-refractivity contribution in [3.8, 4) is 11.5 Å². The van der Waals surface area contributed by atoms with Gasteiger partial charge in [0.25, 0.3) is 0 Å². The number of halogens is 2. The predicted octanol–water partition coefficient (Wildman–Crippen LogP) is 3.91. The third kappa shape index (κ3) is 5.88. The summed E-state index contributed by atoms with van der Waals surface area (Å²) in [5, 5.41) is 12.2. The molecule has 0 aliphatic carbocycles. The van der Waals surface area contributed by atoms with Crippen LogP contribution in [0.25, 0.3) is 0 Å². The summed E-state index contributed by atoms with van der Waals surface area (Å²) in [6.45, 7) is 7.71. The molecule has 4 nitrogen and oxygen atoms in total. The Bertz CT molecular complexity index is 737. The molecule has 0 aromatic heterocycles. The summed E-state index contributed by atoms with van der Waals surface area (Å²) >= 11 is 9.82. The highest BCUT2D eigenvalue weighted by Crippen LogP contribution is 2.34. The van der Waals surface area contributed by atoms with Gasteiger partial charge in [-0.15, -0.1) is 0 Å². The Morgan fingerprint density at radius 1 is 1.12 bits per heavy atom. The van der Waals surface area contributed by atoms with Gasteiger partial charge in [0.1, 0.15) is 18.7 Å². The summed E-state index contributed by atoms with van der Waals surface area (Å²) in [7, 11) is 0. The van der Waals surface area contributed by atoms with Crippen molar-refractivity contribution < 1.29 is 19.9 Å². The van der Waals surface area contributed by atoms with Gasteiger partial charge in [0.2, 0.25) is 0 Å². The Labute approximate surface area is 168 Å². The summed E-state index contributed by atoms with van der Waals surface area (Å²) in [6.07, 6.45) is 0. The molecule has 0 heterocycles. The second-order valence-electron chi connectivity index (χ2n) is 6.76. The van der Waals surface area contributed by atoms with Crippen molar-refractivity contribution in [1.29, 1.82) is 0 Å². The molecule has 0 unspecified atom stereocenters. The molecule has 142 valence electrons. The molecule has 26 heavy (non-hydrogen) atoms. The van der Waals surface area contributed by atoms with Gasteiger partial charge in [-0.25, -0.2) is 0 Å². The summed E-state index contributed by atoms with van der Waals surface area (Å²) in [5.41, 5.74) is 1.78. The zero-order chi connectivity index (χ0) is 19.2. The number of quaternary nitrogens is 1. The van der Waals surface area contributed by atoms with Crippen LogP contribution < -0.4 is 14.8 Å². The average Bonchev–Trinajstić information content (AvgIpc) is 2.62. The molecule has 2 aromatic carbocycles. The second-order valence-corrected chi connectivity index (χ2v) is 8.02. The molecule has 0 amide bonds. The number of aliphatic hydroxyl groups excluding tert-OH is 1.